The molecule has 1 aromatic rings. The Bertz CT molecular complexity index is 557. The number of carboxylic acid groups (broad SMARTS) is 1. The topological polar surface area (TPSA) is 83.5 Å². The lowest BCUT2D eigenvalue weighted by molar-refractivity contribution is -0.139. The molecule has 1 aliphatic carbocycles. The van der Waals surface area contributed by atoms with Crippen molar-refractivity contribution in [2.75, 3.05) is 0 Å². The van der Waals surface area contributed by atoms with Crippen LogP contribution in [0.1, 0.15) is 18.4 Å². The van der Waals surface area contributed by atoms with Gasteiger partial charge in [-0.1, -0.05) is 11.6 Å². The number of hydrogen-bond donors (Lipinski definition) is 2. The van der Waals surface area contributed by atoms with Gasteiger partial charge in [0.1, 0.15) is 10.3 Å². The molecule has 1 fully saturated rings. The Balaban J connectivity index is 2.23. The van der Waals surface area contributed by atoms with Crippen LogP contribution in [0.2, 0.25) is 4.34 Å². The minimum Gasteiger partial charge on any atom is -0.480 e. The van der Waals surface area contributed by atoms with E-state index in [0.717, 1.165) is 24.2 Å². The van der Waals surface area contributed by atoms with Crippen molar-refractivity contribution in [3.63, 3.8) is 0 Å². The maximum atomic E-state index is 12.0. The summed E-state index contributed by atoms with van der Waals surface area (Å²) >= 11 is 6.75. The van der Waals surface area contributed by atoms with E-state index in [0.29, 0.717) is 9.90 Å². The number of carbonyl (C=O) groups is 1. The number of aliphatic carboxylic acids is 1. The summed E-state index contributed by atoms with van der Waals surface area (Å²) in [4.78, 5) is 11.0. The fourth-order valence-electron chi connectivity index (χ4n) is 1.57. The zero-order valence-corrected chi connectivity index (χ0v) is 11.9. The van der Waals surface area contributed by atoms with E-state index in [1.165, 1.54) is 6.07 Å². The van der Waals surface area contributed by atoms with Crippen LogP contribution in [0.5, 0.6) is 0 Å². The van der Waals surface area contributed by atoms with Crippen LogP contribution in [-0.4, -0.2) is 25.5 Å². The summed E-state index contributed by atoms with van der Waals surface area (Å²) in [7, 11) is -3.81. The van der Waals surface area contributed by atoms with Crippen molar-refractivity contribution in [1.82, 2.24) is 4.72 Å². The highest BCUT2D eigenvalue weighted by Gasteiger charge is 2.39. The third-order valence-electron chi connectivity index (χ3n) is 2.74. The van der Waals surface area contributed by atoms with E-state index < -0.39 is 22.0 Å². The summed E-state index contributed by atoms with van der Waals surface area (Å²) in [6, 6.07) is 0.400. The van der Waals surface area contributed by atoms with Gasteiger partial charge >= 0.3 is 5.97 Å². The van der Waals surface area contributed by atoms with E-state index in [-0.39, 0.29) is 10.1 Å². The maximum absolute atomic E-state index is 12.0. The second-order valence-corrected chi connectivity index (χ2v) is 7.89. The first-order valence-corrected chi connectivity index (χ1v) is 8.00. The van der Waals surface area contributed by atoms with Gasteiger partial charge in [0.15, 0.2) is 0 Å². The Morgan fingerprint density at radius 1 is 1.61 bits per heavy atom. The lowest BCUT2D eigenvalue weighted by Crippen LogP contribution is -2.42. The first kappa shape index (κ1) is 13.8. The highest BCUT2D eigenvalue weighted by atomic mass is 35.5. The number of thiophene rings is 1. The molecule has 0 aromatic carbocycles. The van der Waals surface area contributed by atoms with Crippen LogP contribution in [0.15, 0.2) is 10.3 Å². The Morgan fingerprint density at radius 3 is 2.61 bits per heavy atom. The zero-order chi connectivity index (χ0) is 13.5. The zero-order valence-electron chi connectivity index (χ0n) is 9.51. The van der Waals surface area contributed by atoms with Gasteiger partial charge < -0.3 is 5.11 Å². The van der Waals surface area contributed by atoms with Crippen molar-refractivity contribution >= 4 is 38.9 Å². The monoisotopic (exact) mass is 309 g/mol. The average molecular weight is 310 g/mol. The third kappa shape index (κ3) is 2.85. The molecule has 1 aliphatic rings. The highest BCUT2D eigenvalue weighted by molar-refractivity contribution is 7.91. The van der Waals surface area contributed by atoms with Gasteiger partial charge in [0, 0.05) is 0 Å². The predicted molar refractivity (Wildman–Crippen MR) is 68.5 cm³/mol. The van der Waals surface area contributed by atoms with Crippen LogP contribution in [-0.2, 0) is 14.8 Å². The molecule has 1 unspecified atom stereocenters. The molecule has 8 heteroatoms. The van der Waals surface area contributed by atoms with Crippen LogP contribution in [0.3, 0.4) is 0 Å². The fraction of sp³-hybridized carbons (Fsp3) is 0.500. The van der Waals surface area contributed by atoms with Crippen molar-refractivity contribution < 1.29 is 18.3 Å². The van der Waals surface area contributed by atoms with Crippen LogP contribution in [0.4, 0.5) is 0 Å². The smallest absolute Gasteiger partial charge is 0.322 e. The maximum Gasteiger partial charge on any atom is 0.322 e. The van der Waals surface area contributed by atoms with E-state index in [1.54, 1.807) is 6.92 Å². The first-order chi connectivity index (χ1) is 8.31. The SMILES string of the molecule is Cc1cc(S(=O)(=O)NC(C(=O)O)C2CC2)sc1Cl. The van der Waals surface area contributed by atoms with Gasteiger partial charge in [0.2, 0.25) is 0 Å². The summed E-state index contributed by atoms with van der Waals surface area (Å²) in [6.07, 6.45) is 1.48. The van der Waals surface area contributed by atoms with E-state index in [9.17, 15) is 13.2 Å². The van der Waals surface area contributed by atoms with E-state index >= 15 is 0 Å². The van der Waals surface area contributed by atoms with Crippen LogP contribution < -0.4 is 4.72 Å². The van der Waals surface area contributed by atoms with Gasteiger partial charge in [-0.15, -0.1) is 11.3 Å². The summed E-state index contributed by atoms with van der Waals surface area (Å²) in [5, 5.41) is 9.00. The molecule has 0 radical (unpaired) electrons. The van der Waals surface area contributed by atoms with Crippen molar-refractivity contribution in [3.05, 3.63) is 16.0 Å². The lowest BCUT2D eigenvalue weighted by atomic mass is 10.2. The highest BCUT2D eigenvalue weighted by Crippen LogP contribution is 2.35. The summed E-state index contributed by atoms with van der Waals surface area (Å²) in [6.45, 7) is 1.70. The minimum absolute atomic E-state index is 0.0527. The molecule has 1 aromatic heterocycles. The van der Waals surface area contributed by atoms with Crippen LogP contribution in [0.25, 0.3) is 0 Å². The number of halogens is 1. The molecule has 5 nitrogen and oxygen atoms in total. The molecule has 0 amide bonds. The number of hydrogen-bond acceptors (Lipinski definition) is 4. The summed E-state index contributed by atoms with van der Waals surface area (Å²) < 4.78 is 26.7. The quantitative estimate of drug-likeness (QED) is 0.869. The molecule has 18 heavy (non-hydrogen) atoms. The molecule has 100 valence electrons. The van der Waals surface area contributed by atoms with Gasteiger partial charge in [0.25, 0.3) is 10.0 Å². The second kappa shape index (κ2) is 4.80. The lowest BCUT2D eigenvalue weighted by Gasteiger charge is -2.12. The van der Waals surface area contributed by atoms with E-state index in [4.69, 9.17) is 16.7 Å². The largest absolute Gasteiger partial charge is 0.480 e. The Kier molecular flexibility index (Phi) is 3.68. The number of carboxylic acids is 1. The fourth-order valence-corrected chi connectivity index (χ4v) is 4.55. The molecule has 1 heterocycles. The Morgan fingerprint density at radius 2 is 2.22 bits per heavy atom. The van der Waals surface area contributed by atoms with Gasteiger partial charge in [0.05, 0.1) is 4.34 Å². The molecule has 0 saturated heterocycles. The Hall–Kier alpha value is -0.630. The number of sulfonamides is 1. The van der Waals surface area contributed by atoms with E-state index in [2.05, 4.69) is 4.72 Å². The number of nitrogens with one attached hydrogen (secondary N) is 1. The molecular weight excluding hydrogens is 298 g/mol. The predicted octanol–water partition coefficient (Wildman–Crippen LogP) is 1.85. The van der Waals surface area contributed by atoms with Gasteiger partial charge in [-0.3, -0.25) is 4.79 Å². The van der Waals surface area contributed by atoms with Crippen LogP contribution in [0, 0.1) is 12.8 Å². The molecule has 2 rings (SSSR count). The molecule has 0 bridgehead atoms. The second-order valence-electron chi connectivity index (χ2n) is 4.30. The molecule has 0 spiro atoms. The van der Waals surface area contributed by atoms with Crippen molar-refractivity contribution in [2.24, 2.45) is 5.92 Å². The van der Waals surface area contributed by atoms with Crippen molar-refractivity contribution in [1.29, 1.82) is 0 Å². The molecule has 1 atom stereocenters. The van der Waals surface area contributed by atoms with Gasteiger partial charge in [-0.05, 0) is 37.3 Å². The number of rotatable bonds is 5. The average Bonchev–Trinajstić information content (AvgIpc) is 3.03. The first-order valence-electron chi connectivity index (χ1n) is 5.32. The molecule has 0 aliphatic heterocycles. The van der Waals surface area contributed by atoms with Crippen LogP contribution >= 0.6 is 22.9 Å². The van der Waals surface area contributed by atoms with E-state index in [1.807, 2.05) is 0 Å². The molecular formula is C10H12ClNO4S2. The van der Waals surface area contributed by atoms with Gasteiger partial charge in [-0.25, -0.2) is 8.42 Å². The standard InChI is InChI=1S/C10H12ClNO4S2/c1-5-4-7(17-9(5)11)18(15,16)12-8(10(13)14)6-2-3-6/h4,6,8,12H,2-3H2,1H3,(H,13,14). The Labute approximate surface area is 114 Å². The van der Waals surface area contributed by atoms with Crippen molar-refractivity contribution in [2.45, 2.75) is 30.0 Å². The minimum atomic E-state index is -3.81. The normalized spacial score (nSPS) is 17.7. The van der Waals surface area contributed by atoms with Crippen molar-refractivity contribution in [3.8, 4) is 0 Å². The third-order valence-corrected chi connectivity index (χ3v) is 6.21. The van der Waals surface area contributed by atoms with Gasteiger partial charge in [-0.2, -0.15) is 4.72 Å². The number of aryl methyl sites for hydroxylation is 1. The summed E-state index contributed by atoms with van der Waals surface area (Å²) in [5.41, 5.74) is 0.667. The molecule has 2 N–H and O–H groups in total. The molecule has 1 saturated carbocycles. The summed E-state index contributed by atoms with van der Waals surface area (Å²) in [5.74, 6) is -1.24.